The molecule has 4 amide bonds. The van der Waals surface area contributed by atoms with Crippen LogP contribution in [-0.2, 0) is 16.6 Å². The highest BCUT2D eigenvalue weighted by Gasteiger charge is 2.29. The van der Waals surface area contributed by atoms with E-state index in [-0.39, 0.29) is 47.9 Å². The lowest BCUT2D eigenvalue weighted by Gasteiger charge is -2.42. The maximum atomic E-state index is 15.0. The van der Waals surface area contributed by atoms with Gasteiger partial charge in [0.05, 0.1) is 29.3 Å². The number of rotatable bonds is 12. The number of benzene rings is 2. The van der Waals surface area contributed by atoms with E-state index in [1.807, 2.05) is 77.2 Å². The first kappa shape index (κ1) is 40.9. The molecule has 0 bridgehead atoms. The summed E-state index contributed by atoms with van der Waals surface area (Å²) in [6, 6.07) is 16.2. The van der Waals surface area contributed by atoms with Gasteiger partial charge in [-0.2, -0.15) is 4.98 Å². The van der Waals surface area contributed by atoms with E-state index in [2.05, 4.69) is 58.8 Å². The Hall–Kier alpha value is -6.29. The van der Waals surface area contributed by atoms with Crippen LogP contribution in [0.5, 0.6) is 0 Å². The van der Waals surface area contributed by atoms with Crippen LogP contribution < -0.4 is 25.8 Å². The summed E-state index contributed by atoms with van der Waals surface area (Å²) in [7, 11) is 0. The number of imide groups is 1. The number of nitrogens with zero attached hydrogens (tertiary/aromatic N) is 8. The molecule has 59 heavy (non-hydrogen) atoms. The number of carbonyl (C=O) groups is 3. The molecule has 2 aliphatic rings. The smallest absolute Gasteiger partial charge is 0.328 e. The van der Waals surface area contributed by atoms with E-state index < -0.39 is 17.8 Å². The Morgan fingerprint density at radius 2 is 1.85 bits per heavy atom. The Morgan fingerprint density at radius 3 is 2.54 bits per heavy atom. The third-order valence-corrected chi connectivity index (χ3v) is 10.8. The van der Waals surface area contributed by atoms with Crippen molar-refractivity contribution in [2.24, 2.45) is 0 Å². The van der Waals surface area contributed by atoms with Crippen molar-refractivity contribution >= 4 is 40.9 Å². The van der Waals surface area contributed by atoms with Crippen LogP contribution in [0.15, 0.2) is 71.6 Å². The van der Waals surface area contributed by atoms with E-state index in [9.17, 15) is 14.4 Å². The number of piperazine rings is 1. The van der Waals surface area contributed by atoms with Crippen LogP contribution in [0, 0.1) is 12.7 Å². The zero-order valence-corrected chi connectivity index (χ0v) is 34.3. The fourth-order valence-electron chi connectivity index (χ4n) is 7.44. The quantitative estimate of drug-likeness (QED) is 0.125. The van der Waals surface area contributed by atoms with Crippen molar-refractivity contribution < 1.29 is 23.3 Å². The highest BCUT2D eigenvalue weighted by Crippen LogP contribution is 2.29. The zero-order valence-electron chi connectivity index (χ0n) is 34.3. The van der Waals surface area contributed by atoms with Crippen molar-refractivity contribution in [2.75, 3.05) is 47.8 Å². The molecule has 5 heterocycles. The molecular weight excluding hydrogens is 754 g/mol. The first-order valence-electron chi connectivity index (χ1n) is 20.0. The highest BCUT2D eigenvalue weighted by atomic mass is 19.1. The Labute approximate surface area is 342 Å². The van der Waals surface area contributed by atoms with E-state index in [1.165, 1.54) is 17.3 Å². The molecule has 308 valence electrons. The summed E-state index contributed by atoms with van der Waals surface area (Å²) in [4.78, 5) is 60.6. The summed E-state index contributed by atoms with van der Waals surface area (Å²) in [6.07, 6.45) is 5.18. The maximum absolute atomic E-state index is 15.0. The predicted octanol–water partition coefficient (Wildman–Crippen LogP) is 6.49. The van der Waals surface area contributed by atoms with E-state index in [4.69, 9.17) is 9.51 Å². The zero-order chi connectivity index (χ0) is 41.8. The molecule has 16 heteroatoms. The van der Waals surface area contributed by atoms with Crippen molar-refractivity contribution in [2.45, 2.75) is 78.3 Å². The summed E-state index contributed by atoms with van der Waals surface area (Å²) >= 11 is 0. The van der Waals surface area contributed by atoms with E-state index in [1.54, 1.807) is 6.07 Å². The number of aromatic nitrogens is 5. The van der Waals surface area contributed by atoms with Crippen molar-refractivity contribution in [1.82, 2.24) is 40.6 Å². The van der Waals surface area contributed by atoms with Crippen molar-refractivity contribution in [1.29, 1.82) is 0 Å². The summed E-state index contributed by atoms with van der Waals surface area (Å²) in [6.45, 7) is 15.5. The van der Waals surface area contributed by atoms with Crippen LogP contribution >= 0.6 is 0 Å². The lowest BCUT2D eigenvalue weighted by Crippen LogP contribution is -2.53. The topological polar surface area (TPSA) is 175 Å². The molecule has 0 radical (unpaired) electrons. The SMILES string of the molecule is CC[C@H]1CN(CCc2ccc(N3CCC(=O)NC3=O)c(F)c2)CCN1c1ccc(Nc2cc(-c3ccc([C@@H](C)NC(=O)c4nc(C(C)(C)C)no4)c(C)c3)ncn2)nc1. The van der Waals surface area contributed by atoms with Gasteiger partial charge in [0.25, 0.3) is 0 Å². The number of hydrogen-bond donors (Lipinski definition) is 3. The molecule has 15 nitrogen and oxygen atoms in total. The summed E-state index contributed by atoms with van der Waals surface area (Å²) in [5.74, 6) is 0.429. The van der Waals surface area contributed by atoms with Gasteiger partial charge >= 0.3 is 17.8 Å². The number of nitrogens with one attached hydrogen (secondary N) is 3. The maximum Gasteiger partial charge on any atom is 0.328 e. The molecule has 0 spiro atoms. The number of hydrogen-bond acceptors (Lipinski definition) is 12. The molecule has 2 atom stereocenters. The molecule has 7 rings (SSSR count). The first-order valence-corrected chi connectivity index (χ1v) is 20.0. The second kappa shape index (κ2) is 17.3. The molecule has 2 fully saturated rings. The Morgan fingerprint density at radius 1 is 1.02 bits per heavy atom. The van der Waals surface area contributed by atoms with Crippen LogP contribution in [0.3, 0.4) is 0 Å². The van der Waals surface area contributed by atoms with E-state index >= 15 is 4.39 Å². The summed E-state index contributed by atoms with van der Waals surface area (Å²) < 4.78 is 20.3. The molecule has 3 aromatic heterocycles. The molecule has 3 N–H and O–H groups in total. The van der Waals surface area contributed by atoms with Gasteiger partial charge < -0.3 is 20.1 Å². The average molecular weight is 804 g/mol. The fraction of sp³-hybridized carbons (Fsp3) is 0.395. The molecule has 2 saturated heterocycles. The second-order valence-electron chi connectivity index (χ2n) is 16.1. The summed E-state index contributed by atoms with van der Waals surface area (Å²) in [5.41, 5.74) is 5.33. The van der Waals surface area contributed by atoms with E-state index in [0.29, 0.717) is 23.9 Å². The van der Waals surface area contributed by atoms with Crippen LogP contribution in [0.4, 0.5) is 32.2 Å². The number of aryl methyl sites for hydroxylation is 1. The van der Waals surface area contributed by atoms with Gasteiger partial charge in [0, 0.05) is 62.2 Å². The lowest BCUT2D eigenvalue weighted by molar-refractivity contribution is -0.120. The van der Waals surface area contributed by atoms with Gasteiger partial charge in [0.15, 0.2) is 5.82 Å². The number of halogens is 1. The van der Waals surface area contributed by atoms with Crippen LogP contribution in [0.2, 0.25) is 0 Å². The minimum atomic E-state index is -0.596. The summed E-state index contributed by atoms with van der Waals surface area (Å²) in [5, 5.41) is 12.5. The van der Waals surface area contributed by atoms with Gasteiger partial charge in [0.1, 0.15) is 23.8 Å². The molecular formula is C43H50FN11O4. The highest BCUT2D eigenvalue weighted by molar-refractivity contribution is 6.05. The normalized spacial score (nSPS) is 16.8. The molecule has 2 aliphatic heterocycles. The largest absolute Gasteiger partial charge is 0.365 e. The number of carbonyl (C=O) groups excluding carboxylic acids is 3. The molecule has 0 saturated carbocycles. The Kier molecular flexibility index (Phi) is 12.0. The number of anilines is 4. The van der Waals surface area contributed by atoms with Gasteiger partial charge in [-0.25, -0.2) is 24.1 Å². The van der Waals surface area contributed by atoms with Gasteiger partial charge in [-0.3, -0.25) is 24.7 Å². The van der Waals surface area contributed by atoms with Gasteiger partial charge in [-0.05, 0) is 73.7 Å². The molecule has 0 unspecified atom stereocenters. The van der Waals surface area contributed by atoms with Crippen molar-refractivity contribution in [3.8, 4) is 11.3 Å². The third kappa shape index (κ3) is 9.54. The van der Waals surface area contributed by atoms with Gasteiger partial charge in [0.2, 0.25) is 5.91 Å². The van der Waals surface area contributed by atoms with Crippen molar-refractivity contribution in [3.63, 3.8) is 0 Å². The average Bonchev–Trinajstić information content (AvgIpc) is 3.73. The molecule has 2 aromatic carbocycles. The Bertz CT molecular complexity index is 2330. The first-order chi connectivity index (χ1) is 28.2. The Balaban J connectivity index is 0.921. The number of urea groups is 1. The standard InChI is InChI=1S/C43H50FN11O4/c1-7-30-24-53(16-14-28-8-12-35(33(44)21-28)55-17-15-38(56)50-42(55)58)18-19-54(30)31-10-13-36(45-23-31)49-37-22-34(46-25-47-37)29-9-11-32(26(2)20-29)27(3)48-39(57)40-51-41(52-59-40)43(4,5)6/h8-13,20-23,25,27,30H,7,14-19,24H2,1-6H3,(H,48,57)(H,50,56,58)(H,45,46,47,49)/t27-,30+/m1/s1. The molecule has 5 aromatic rings. The third-order valence-electron chi connectivity index (χ3n) is 10.8. The van der Waals surface area contributed by atoms with Gasteiger partial charge in [-0.1, -0.05) is 51.1 Å². The van der Waals surface area contributed by atoms with Crippen LogP contribution in [0.25, 0.3) is 11.3 Å². The fourth-order valence-corrected chi connectivity index (χ4v) is 7.44. The number of amides is 4. The number of pyridine rings is 1. The lowest BCUT2D eigenvalue weighted by atomic mass is 9.96. The van der Waals surface area contributed by atoms with Gasteiger partial charge in [-0.15, -0.1) is 0 Å². The van der Waals surface area contributed by atoms with E-state index in [0.717, 1.165) is 66.2 Å². The van der Waals surface area contributed by atoms with Crippen molar-refractivity contribution in [3.05, 3.63) is 101 Å². The molecule has 0 aliphatic carbocycles. The minimum absolute atomic E-state index is 0.0636. The second-order valence-corrected chi connectivity index (χ2v) is 16.1. The monoisotopic (exact) mass is 803 g/mol. The van der Waals surface area contributed by atoms with Crippen LogP contribution in [0.1, 0.15) is 86.7 Å². The predicted molar refractivity (Wildman–Crippen MR) is 222 cm³/mol. The minimum Gasteiger partial charge on any atom is -0.365 e. The van der Waals surface area contributed by atoms with Crippen LogP contribution in [-0.4, -0.2) is 86.6 Å².